The molecule has 1 aliphatic rings. The maximum Gasteiger partial charge on any atom is 0.228 e. The van der Waals surface area contributed by atoms with E-state index in [1.165, 1.54) is 0 Å². The van der Waals surface area contributed by atoms with Crippen LogP contribution >= 0.6 is 0 Å². The zero-order valence-corrected chi connectivity index (χ0v) is 15.2. The first-order valence-electron chi connectivity index (χ1n) is 8.84. The van der Waals surface area contributed by atoms with Gasteiger partial charge in [0, 0.05) is 0 Å². The van der Waals surface area contributed by atoms with Crippen LogP contribution in [0.4, 0.5) is 0 Å². The van der Waals surface area contributed by atoms with Crippen molar-refractivity contribution < 1.29 is 30.0 Å². The molecule has 2 heterocycles. The highest BCUT2D eigenvalue weighted by molar-refractivity contribution is 5.78. The number of tetrazole rings is 1. The Morgan fingerprint density at radius 2 is 1.93 bits per heavy atom. The number of aromatic nitrogens is 4. The molecule has 1 saturated heterocycles. The summed E-state index contributed by atoms with van der Waals surface area (Å²) in [5.74, 6) is -0.223. The Labute approximate surface area is 160 Å². The number of ether oxygens (including phenoxy) is 1. The summed E-state index contributed by atoms with van der Waals surface area (Å²) in [6, 6.07) is 9.25. The monoisotopic (exact) mass is 393 g/mol. The summed E-state index contributed by atoms with van der Waals surface area (Å²) in [5, 5.41) is 53.3. The highest BCUT2D eigenvalue weighted by Crippen LogP contribution is 2.27. The van der Waals surface area contributed by atoms with E-state index in [4.69, 9.17) is 4.74 Å². The predicted molar refractivity (Wildman–Crippen MR) is 93.5 cm³/mol. The van der Waals surface area contributed by atoms with Crippen molar-refractivity contribution in [1.29, 1.82) is 0 Å². The molecule has 0 radical (unpaired) electrons. The number of nitrogens with zero attached hydrogens (tertiary/aromatic N) is 4. The Morgan fingerprint density at radius 1 is 1.21 bits per heavy atom. The molecular weight excluding hydrogens is 370 g/mol. The van der Waals surface area contributed by atoms with E-state index in [0.29, 0.717) is 0 Å². The zero-order valence-electron chi connectivity index (χ0n) is 15.2. The van der Waals surface area contributed by atoms with Gasteiger partial charge in [-0.2, -0.15) is 0 Å². The lowest BCUT2D eigenvalue weighted by molar-refractivity contribution is -0.257. The van der Waals surface area contributed by atoms with Crippen LogP contribution in [0.25, 0.3) is 0 Å². The van der Waals surface area contributed by atoms with Gasteiger partial charge in [-0.3, -0.25) is 4.79 Å². The van der Waals surface area contributed by atoms with Crippen LogP contribution in [0.5, 0.6) is 0 Å². The van der Waals surface area contributed by atoms with Crippen molar-refractivity contribution in [3.05, 3.63) is 41.7 Å². The van der Waals surface area contributed by atoms with Crippen LogP contribution in [-0.4, -0.2) is 77.6 Å². The molecule has 6 atom stereocenters. The molecule has 0 unspecified atom stereocenters. The molecule has 1 fully saturated rings. The molecule has 5 N–H and O–H groups in total. The van der Waals surface area contributed by atoms with E-state index in [9.17, 15) is 25.2 Å². The van der Waals surface area contributed by atoms with Crippen LogP contribution in [0.15, 0.2) is 30.3 Å². The minimum atomic E-state index is -1.56. The topological polar surface area (TPSA) is 163 Å². The van der Waals surface area contributed by atoms with Crippen LogP contribution in [0.2, 0.25) is 0 Å². The number of hydrogen-bond donors (Lipinski definition) is 5. The summed E-state index contributed by atoms with van der Waals surface area (Å²) in [7, 11) is 0. The Hall–Kier alpha value is -2.44. The summed E-state index contributed by atoms with van der Waals surface area (Å²) >= 11 is 0. The van der Waals surface area contributed by atoms with E-state index in [1.54, 1.807) is 0 Å². The third kappa shape index (κ3) is 4.34. The fourth-order valence-electron chi connectivity index (χ4n) is 2.97. The van der Waals surface area contributed by atoms with Crippen molar-refractivity contribution in [2.24, 2.45) is 0 Å². The molecule has 1 aliphatic heterocycles. The standard InChI is InChI=1S/C17H23N5O6/c1-9(10-5-3-2-4-6-10)18-13(24)7-12-19-21-22(20-12)17-16(27)15(26)14(25)11(8-23)28-17/h2-6,9,11,14-17,23,25-27H,7-8H2,1H3,(H,18,24)/t9-,11+,14-,15+,16-,17-/m1/s1. The largest absolute Gasteiger partial charge is 0.394 e. The van der Waals surface area contributed by atoms with E-state index < -0.39 is 37.3 Å². The fraction of sp³-hybridized carbons (Fsp3) is 0.529. The molecule has 3 rings (SSSR count). The second-order valence-electron chi connectivity index (χ2n) is 6.62. The first-order valence-corrected chi connectivity index (χ1v) is 8.84. The lowest BCUT2D eigenvalue weighted by Gasteiger charge is -2.38. The van der Waals surface area contributed by atoms with Crippen molar-refractivity contribution in [2.45, 2.75) is 50.0 Å². The number of benzene rings is 1. The van der Waals surface area contributed by atoms with Crippen LogP contribution in [0.1, 0.15) is 30.6 Å². The minimum absolute atomic E-state index is 0.0923. The van der Waals surface area contributed by atoms with Gasteiger partial charge in [0.2, 0.25) is 5.91 Å². The Kier molecular flexibility index (Phi) is 6.31. The summed E-state index contributed by atoms with van der Waals surface area (Å²) in [6.45, 7) is 1.29. The van der Waals surface area contributed by atoms with Gasteiger partial charge in [-0.05, 0) is 17.7 Å². The average molecular weight is 393 g/mol. The van der Waals surface area contributed by atoms with Crippen molar-refractivity contribution in [2.75, 3.05) is 6.61 Å². The number of carbonyl (C=O) groups is 1. The summed E-state index contributed by atoms with van der Waals surface area (Å²) < 4.78 is 5.34. The summed E-state index contributed by atoms with van der Waals surface area (Å²) in [4.78, 5) is 13.1. The maximum atomic E-state index is 12.2. The molecule has 0 bridgehead atoms. The number of nitrogens with one attached hydrogen (secondary N) is 1. The second kappa shape index (κ2) is 8.71. The molecule has 2 aromatic rings. The molecule has 11 heteroatoms. The smallest absolute Gasteiger partial charge is 0.228 e. The minimum Gasteiger partial charge on any atom is -0.394 e. The third-order valence-corrected chi connectivity index (χ3v) is 4.56. The zero-order chi connectivity index (χ0) is 20.3. The van der Waals surface area contributed by atoms with Gasteiger partial charge in [0.05, 0.1) is 19.1 Å². The Morgan fingerprint density at radius 3 is 2.61 bits per heavy atom. The number of amides is 1. The van der Waals surface area contributed by atoms with Gasteiger partial charge in [0.1, 0.15) is 24.4 Å². The van der Waals surface area contributed by atoms with Crippen LogP contribution in [0, 0.1) is 0 Å². The summed E-state index contributed by atoms with van der Waals surface area (Å²) in [6.07, 6.45) is -7.07. The lowest BCUT2D eigenvalue weighted by atomic mass is 9.99. The predicted octanol–water partition coefficient (Wildman–Crippen LogP) is -1.93. The summed E-state index contributed by atoms with van der Waals surface area (Å²) in [5.41, 5.74) is 0.953. The van der Waals surface area contributed by atoms with Crippen molar-refractivity contribution in [1.82, 2.24) is 25.5 Å². The van der Waals surface area contributed by atoms with Gasteiger partial charge in [-0.15, -0.1) is 15.0 Å². The molecular formula is C17H23N5O6. The highest BCUT2D eigenvalue weighted by atomic mass is 16.6. The Balaban J connectivity index is 1.63. The Bertz CT molecular complexity index is 785. The van der Waals surface area contributed by atoms with Gasteiger partial charge >= 0.3 is 0 Å². The van der Waals surface area contributed by atoms with Crippen molar-refractivity contribution in [3.63, 3.8) is 0 Å². The first-order chi connectivity index (χ1) is 13.4. The van der Waals surface area contributed by atoms with Gasteiger partial charge in [0.25, 0.3) is 0 Å². The lowest BCUT2D eigenvalue weighted by Crippen LogP contribution is -2.56. The van der Waals surface area contributed by atoms with Crippen LogP contribution in [0.3, 0.4) is 0 Å². The molecule has 11 nitrogen and oxygen atoms in total. The molecule has 1 amide bonds. The van der Waals surface area contributed by atoms with Gasteiger partial charge in [0.15, 0.2) is 12.1 Å². The molecule has 28 heavy (non-hydrogen) atoms. The number of aliphatic hydroxyl groups excluding tert-OH is 4. The van der Waals surface area contributed by atoms with E-state index >= 15 is 0 Å². The number of aliphatic hydroxyl groups is 4. The van der Waals surface area contributed by atoms with Crippen molar-refractivity contribution in [3.8, 4) is 0 Å². The normalized spacial score (nSPS) is 28.7. The quantitative estimate of drug-likeness (QED) is 0.376. The molecule has 152 valence electrons. The maximum absolute atomic E-state index is 12.2. The van der Waals surface area contributed by atoms with E-state index in [2.05, 4.69) is 20.7 Å². The second-order valence-corrected chi connectivity index (χ2v) is 6.62. The van der Waals surface area contributed by atoms with Crippen LogP contribution < -0.4 is 5.32 Å². The number of hydrogen-bond acceptors (Lipinski definition) is 9. The third-order valence-electron chi connectivity index (χ3n) is 4.56. The molecule has 1 aromatic heterocycles. The van der Waals surface area contributed by atoms with Crippen molar-refractivity contribution >= 4 is 5.91 Å². The molecule has 0 spiro atoms. The highest BCUT2D eigenvalue weighted by Gasteiger charge is 2.45. The molecule has 0 saturated carbocycles. The molecule has 0 aliphatic carbocycles. The van der Waals surface area contributed by atoms with Gasteiger partial charge < -0.3 is 30.5 Å². The number of rotatable bonds is 6. The van der Waals surface area contributed by atoms with E-state index in [1.807, 2.05) is 37.3 Å². The molecule has 1 aromatic carbocycles. The van der Waals surface area contributed by atoms with Gasteiger partial charge in [-0.1, -0.05) is 30.3 Å². The average Bonchev–Trinajstić information content (AvgIpc) is 3.15. The van der Waals surface area contributed by atoms with E-state index in [0.717, 1.165) is 10.4 Å². The first kappa shape index (κ1) is 20.3. The van der Waals surface area contributed by atoms with Crippen LogP contribution in [-0.2, 0) is 16.0 Å². The van der Waals surface area contributed by atoms with Gasteiger partial charge in [-0.25, -0.2) is 0 Å². The number of carbonyl (C=O) groups excluding carboxylic acids is 1. The fourth-order valence-corrected chi connectivity index (χ4v) is 2.97. The SMILES string of the molecule is C[C@@H](NC(=O)Cc1nnn([C@@H]2O[C@@H](CO)[C@@H](O)[C@H](O)[C@H]2O)n1)c1ccccc1. The van der Waals surface area contributed by atoms with E-state index in [-0.39, 0.29) is 24.2 Å².